The minimum atomic E-state index is -0.481. The smallest absolute Gasteiger partial charge is 0.341 e. The predicted molar refractivity (Wildman–Crippen MR) is 110 cm³/mol. The molecule has 29 heavy (non-hydrogen) atoms. The summed E-state index contributed by atoms with van der Waals surface area (Å²) in [5, 5.41) is 14.1. The van der Waals surface area contributed by atoms with Crippen LogP contribution in [0.15, 0.2) is 24.3 Å². The van der Waals surface area contributed by atoms with Gasteiger partial charge in [-0.2, -0.15) is 0 Å². The number of carbonyl (C=O) groups excluding carboxylic acids is 2. The molecule has 0 unspecified atom stereocenters. The van der Waals surface area contributed by atoms with Crippen molar-refractivity contribution >= 4 is 33.9 Å². The van der Waals surface area contributed by atoms with Gasteiger partial charge in [-0.15, -0.1) is 11.3 Å². The number of amides is 1. The molecule has 0 radical (unpaired) electrons. The number of likely N-dealkylation sites (N-methyl/N-ethyl adjacent to an activating group) is 1. The summed E-state index contributed by atoms with van der Waals surface area (Å²) in [4.78, 5) is 38.7. The molecule has 1 amide bonds. The molecule has 1 N–H and O–H groups in total. The number of esters is 1. The van der Waals surface area contributed by atoms with E-state index < -0.39 is 10.9 Å². The van der Waals surface area contributed by atoms with Gasteiger partial charge in [0.15, 0.2) is 0 Å². The molecule has 0 saturated heterocycles. The van der Waals surface area contributed by atoms with Crippen LogP contribution in [0, 0.1) is 10.1 Å². The maximum atomic E-state index is 12.6. The average molecular weight is 417 g/mol. The summed E-state index contributed by atoms with van der Waals surface area (Å²) in [6.07, 6.45) is 0.802. The second kappa shape index (κ2) is 9.15. The normalized spacial score (nSPS) is 13.6. The van der Waals surface area contributed by atoms with Crippen LogP contribution in [0.5, 0.6) is 0 Å². The third kappa shape index (κ3) is 4.80. The highest BCUT2D eigenvalue weighted by Crippen LogP contribution is 2.37. The Morgan fingerprint density at radius 1 is 1.28 bits per heavy atom. The van der Waals surface area contributed by atoms with Crippen molar-refractivity contribution in [3.05, 3.63) is 55.9 Å². The van der Waals surface area contributed by atoms with Crippen molar-refractivity contribution in [2.45, 2.75) is 33.2 Å². The molecule has 9 heteroatoms. The van der Waals surface area contributed by atoms with Crippen molar-refractivity contribution in [3.63, 3.8) is 0 Å². The van der Waals surface area contributed by atoms with Crippen LogP contribution in [0.1, 0.15) is 40.2 Å². The van der Waals surface area contributed by atoms with Gasteiger partial charge >= 0.3 is 5.97 Å². The molecule has 8 nitrogen and oxygen atoms in total. The number of hydrogen-bond donors (Lipinski definition) is 1. The molecule has 0 fully saturated rings. The van der Waals surface area contributed by atoms with Gasteiger partial charge in [0.1, 0.15) is 5.00 Å². The summed E-state index contributed by atoms with van der Waals surface area (Å²) in [6, 6.07) is 5.86. The van der Waals surface area contributed by atoms with E-state index in [-0.39, 0.29) is 24.6 Å². The fourth-order valence-electron chi connectivity index (χ4n) is 3.33. The summed E-state index contributed by atoms with van der Waals surface area (Å²) in [7, 11) is 0. The Balaban J connectivity index is 1.80. The van der Waals surface area contributed by atoms with Gasteiger partial charge in [0.05, 0.1) is 23.5 Å². The number of nitro groups is 1. The summed E-state index contributed by atoms with van der Waals surface area (Å²) >= 11 is 1.42. The molecule has 0 spiro atoms. The van der Waals surface area contributed by atoms with Crippen molar-refractivity contribution in [2.75, 3.05) is 25.0 Å². The van der Waals surface area contributed by atoms with E-state index in [2.05, 4.69) is 17.1 Å². The highest BCUT2D eigenvalue weighted by Gasteiger charge is 2.29. The van der Waals surface area contributed by atoms with Crippen molar-refractivity contribution in [3.8, 4) is 0 Å². The quantitative estimate of drug-likeness (QED) is 0.421. The van der Waals surface area contributed by atoms with E-state index in [0.29, 0.717) is 16.1 Å². The highest BCUT2D eigenvalue weighted by molar-refractivity contribution is 7.17. The van der Waals surface area contributed by atoms with Gasteiger partial charge in [-0.1, -0.05) is 19.1 Å². The van der Waals surface area contributed by atoms with Crippen molar-refractivity contribution in [1.82, 2.24) is 4.90 Å². The molecule has 0 atom stereocenters. The van der Waals surface area contributed by atoms with Gasteiger partial charge in [-0.3, -0.25) is 19.8 Å². The number of carbonyl (C=O) groups is 2. The van der Waals surface area contributed by atoms with E-state index in [1.165, 1.54) is 23.5 Å². The van der Waals surface area contributed by atoms with Gasteiger partial charge in [0, 0.05) is 30.1 Å². The number of thiophene rings is 1. The fraction of sp³-hybridized carbons (Fsp3) is 0.400. The maximum Gasteiger partial charge on any atom is 0.341 e. The SMILES string of the molecule is CCOC(=O)c1c(NC(=O)Cc2ccc([N+](=O)[O-])cc2)sc2c1CCN(CC)C2. The zero-order chi connectivity index (χ0) is 21.0. The van der Waals surface area contributed by atoms with Crippen LogP contribution in [-0.4, -0.2) is 41.4 Å². The van der Waals surface area contributed by atoms with E-state index in [0.717, 1.165) is 36.5 Å². The highest BCUT2D eigenvalue weighted by atomic mass is 32.1. The van der Waals surface area contributed by atoms with Gasteiger partial charge in [-0.05, 0) is 31.0 Å². The average Bonchev–Trinajstić information content (AvgIpc) is 3.05. The monoisotopic (exact) mass is 417 g/mol. The number of nitro benzene ring substituents is 1. The number of ether oxygens (including phenoxy) is 1. The lowest BCUT2D eigenvalue weighted by Crippen LogP contribution is -2.30. The molecule has 1 aliphatic rings. The minimum absolute atomic E-state index is 0.0230. The number of nitrogens with zero attached hydrogens (tertiary/aromatic N) is 2. The van der Waals surface area contributed by atoms with E-state index in [4.69, 9.17) is 4.74 Å². The third-order valence-corrected chi connectivity index (χ3v) is 5.96. The first-order valence-electron chi connectivity index (χ1n) is 9.50. The first-order chi connectivity index (χ1) is 13.9. The van der Waals surface area contributed by atoms with Crippen LogP contribution in [0.3, 0.4) is 0 Å². The van der Waals surface area contributed by atoms with Gasteiger partial charge in [-0.25, -0.2) is 4.79 Å². The number of hydrogen-bond acceptors (Lipinski definition) is 7. The van der Waals surface area contributed by atoms with E-state index in [9.17, 15) is 19.7 Å². The van der Waals surface area contributed by atoms with Crippen LogP contribution in [0.25, 0.3) is 0 Å². The van der Waals surface area contributed by atoms with Gasteiger partial charge in [0.2, 0.25) is 5.91 Å². The number of nitrogens with one attached hydrogen (secondary N) is 1. The molecule has 0 aliphatic carbocycles. The van der Waals surface area contributed by atoms with Crippen LogP contribution in [0.2, 0.25) is 0 Å². The topological polar surface area (TPSA) is 102 Å². The first kappa shape index (κ1) is 20.9. The molecule has 1 aliphatic heterocycles. The molecule has 2 aromatic rings. The largest absolute Gasteiger partial charge is 0.462 e. The van der Waals surface area contributed by atoms with Crippen molar-refractivity contribution in [2.24, 2.45) is 0 Å². The van der Waals surface area contributed by atoms with Gasteiger partial charge in [0.25, 0.3) is 5.69 Å². The Morgan fingerprint density at radius 2 is 2.00 bits per heavy atom. The number of fused-ring (bicyclic) bond motifs is 1. The number of anilines is 1. The van der Waals surface area contributed by atoms with Crippen molar-refractivity contribution in [1.29, 1.82) is 0 Å². The van der Waals surface area contributed by atoms with E-state index in [1.807, 2.05) is 0 Å². The first-order valence-corrected chi connectivity index (χ1v) is 10.3. The summed E-state index contributed by atoms with van der Waals surface area (Å²) in [5.41, 5.74) is 2.05. The molecule has 3 rings (SSSR count). The molecule has 1 aromatic carbocycles. The predicted octanol–water partition coefficient (Wildman–Crippen LogP) is 3.39. The van der Waals surface area contributed by atoms with Crippen LogP contribution < -0.4 is 5.32 Å². The molecular weight excluding hydrogens is 394 g/mol. The Morgan fingerprint density at radius 3 is 2.62 bits per heavy atom. The Hall–Kier alpha value is -2.78. The number of rotatable bonds is 7. The molecular formula is C20H23N3O5S. The Labute approximate surface area is 172 Å². The maximum absolute atomic E-state index is 12.6. The Bertz CT molecular complexity index is 923. The van der Waals surface area contributed by atoms with E-state index in [1.54, 1.807) is 19.1 Å². The lowest BCUT2D eigenvalue weighted by atomic mass is 10.0. The molecule has 0 saturated carbocycles. The Kier molecular flexibility index (Phi) is 6.60. The van der Waals surface area contributed by atoms with Crippen LogP contribution in [0.4, 0.5) is 10.7 Å². The lowest BCUT2D eigenvalue weighted by molar-refractivity contribution is -0.384. The number of benzene rings is 1. The summed E-state index contributed by atoms with van der Waals surface area (Å²) in [5.74, 6) is -0.698. The number of non-ortho nitro benzene ring substituents is 1. The lowest BCUT2D eigenvalue weighted by Gasteiger charge is -2.25. The molecule has 1 aromatic heterocycles. The third-order valence-electron chi connectivity index (χ3n) is 4.83. The standard InChI is InChI=1S/C20H23N3O5S/c1-3-22-10-9-15-16(12-22)29-19(18(15)20(25)28-4-2)21-17(24)11-13-5-7-14(8-6-13)23(26)27/h5-8H,3-4,9-12H2,1-2H3,(H,21,24). The second-order valence-corrected chi connectivity index (χ2v) is 7.80. The minimum Gasteiger partial charge on any atom is -0.462 e. The van der Waals surface area contributed by atoms with Gasteiger partial charge < -0.3 is 10.1 Å². The zero-order valence-electron chi connectivity index (χ0n) is 16.4. The van der Waals surface area contributed by atoms with Crippen LogP contribution in [-0.2, 0) is 28.9 Å². The zero-order valence-corrected chi connectivity index (χ0v) is 17.2. The van der Waals surface area contributed by atoms with Crippen LogP contribution >= 0.6 is 11.3 Å². The molecule has 154 valence electrons. The summed E-state index contributed by atoms with van der Waals surface area (Å²) < 4.78 is 5.22. The fourth-order valence-corrected chi connectivity index (χ4v) is 4.62. The summed E-state index contributed by atoms with van der Waals surface area (Å²) in [6.45, 7) is 6.65. The second-order valence-electron chi connectivity index (χ2n) is 6.70. The molecule has 2 heterocycles. The molecule has 0 bridgehead atoms. The van der Waals surface area contributed by atoms with Crippen molar-refractivity contribution < 1.29 is 19.2 Å². The van der Waals surface area contributed by atoms with E-state index >= 15 is 0 Å².